The Bertz CT molecular complexity index is 98.7. The maximum Gasteiger partial charge on any atom is 0.0969 e. The minimum atomic E-state index is 0. The Balaban J connectivity index is -0.000000320. The molecule has 0 rings (SSSR count). The smallest absolute Gasteiger partial charge is 0.0969 e. The summed E-state index contributed by atoms with van der Waals surface area (Å²) < 4.78 is 0.951. The molecule has 0 fully saturated rings. The lowest BCUT2D eigenvalue weighted by Gasteiger charge is -2.26. The van der Waals surface area contributed by atoms with Crippen molar-refractivity contribution >= 4 is 12.4 Å². The van der Waals surface area contributed by atoms with Gasteiger partial charge in [0, 0.05) is 0 Å². The van der Waals surface area contributed by atoms with E-state index < -0.39 is 0 Å². The van der Waals surface area contributed by atoms with Gasteiger partial charge in [-0.2, -0.15) is 0 Å². The Morgan fingerprint density at radius 3 is 1.55 bits per heavy atom. The van der Waals surface area contributed by atoms with Gasteiger partial charge in [-0.15, -0.1) is 12.4 Å². The van der Waals surface area contributed by atoms with E-state index >= 15 is 0 Å². The predicted octanol–water partition coefficient (Wildman–Crippen LogP) is -1.14. The van der Waals surface area contributed by atoms with Gasteiger partial charge in [0.25, 0.3) is 0 Å². The summed E-state index contributed by atoms with van der Waals surface area (Å²) in [6.07, 6.45) is 3.87. The molecular formula is C8H17Cl2N. The van der Waals surface area contributed by atoms with Crippen molar-refractivity contribution in [2.75, 3.05) is 27.2 Å². The van der Waals surface area contributed by atoms with Gasteiger partial charge in [0.05, 0.1) is 27.2 Å². The van der Waals surface area contributed by atoms with Crippen LogP contribution in [0.1, 0.15) is 0 Å². The number of nitrogens with zero attached hydrogens (tertiary/aromatic N) is 1. The fraction of sp³-hybridized carbons (Fsp3) is 0.500. The standard InChI is InChI=1S/C8H16N.2ClH/c1-5-7-9(3,4)8-6-2;;/h5-6H,1-2,7-8H2,3-4H3;2*1H/q+1;;/p-1. The van der Waals surface area contributed by atoms with Crippen LogP contribution in [0.15, 0.2) is 25.3 Å². The van der Waals surface area contributed by atoms with Gasteiger partial charge in [0.2, 0.25) is 0 Å². The molecule has 3 heteroatoms. The number of quaternary nitrogens is 1. The van der Waals surface area contributed by atoms with Crippen molar-refractivity contribution in [2.24, 2.45) is 0 Å². The fourth-order valence-corrected chi connectivity index (χ4v) is 0.774. The van der Waals surface area contributed by atoms with Crippen LogP contribution in [0, 0.1) is 0 Å². The van der Waals surface area contributed by atoms with E-state index in [-0.39, 0.29) is 24.8 Å². The molecule has 0 aromatic carbocycles. The van der Waals surface area contributed by atoms with Crippen molar-refractivity contribution in [3.8, 4) is 0 Å². The fourth-order valence-electron chi connectivity index (χ4n) is 0.774. The highest BCUT2D eigenvalue weighted by atomic mass is 35.5. The molecule has 1 nitrogen and oxygen atoms in total. The molecule has 0 amide bonds. The third kappa shape index (κ3) is 10.0. The monoisotopic (exact) mass is 197 g/mol. The highest BCUT2D eigenvalue weighted by molar-refractivity contribution is 5.85. The quantitative estimate of drug-likeness (QED) is 0.396. The maximum atomic E-state index is 3.68. The van der Waals surface area contributed by atoms with Crippen molar-refractivity contribution in [3.05, 3.63) is 25.3 Å². The first kappa shape index (κ1) is 17.2. The molecule has 0 aliphatic rings. The molecule has 0 bridgehead atoms. The van der Waals surface area contributed by atoms with E-state index in [2.05, 4.69) is 27.3 Å². The summed E-state index contributed by atoms with van der Waals surface area (Å²) in [7, 11) is 4.31. The van der Waals surface area contributed by atoms with Crippen LogP contribution in [0.3, 0.4) is 0 Å². The molecule has 0 saturated carbocycles. The van der Waals surface area contributed by atoms with Crippen molar-refractivity contribution in [2.45, 2.75) is 0 Å². The van der Waals surface area contributed by atoms with Crippen molar-refractivity contribution in [1.29, 1.82) is 0 Å². The van der Waals surface area contributed by atoms with E-state index in [4.69, 9.17) is 0 Å². The first-order valence-corrected chi connectivity index (χ1v) is 3.16. The highest BCUT2D eigenvalue weighted by Gasteiger charge is 2.07. The third-order valence-corrected chi connectivity index (χ3v) is 1.25. The molecule has 0 atom stereocenters. The Morgan fingerprint density at radius 2 is 1.36 bits per heavy atom. The van der Waals surface area contributed by atoms with Crippen LogP contribution in [0.5, 0.6) is 0 Å². The van der Waals surface area contributed by atoms with Gasteiger partial charge in [-0.3, -0.25) is 0 Å². The average molecular weight is 198 g/mol. The molecule has 0 N–H and O–H groups in total. The van der Waals surface area contributed by atoms with Gasteiger partial charge in [0.1, 0.15) is 0 Å². The Morgan fingerprint density at radius 1 is 1.09 bits per heavy atom. The van der Waals surface area contributed by atoms with E-state index in [1.807, 2.05) is 12.2 Å². The SMILES string of the molecule is C=CC[N+](C)(C)CC=C.Cl.[Cl-]. The first-order valence-electron chi connectivity index (χ1n) is 3.16. The van der Waals surface area contributed by atoms with Crippen LogP contribution in [-0.4, -0.2) is 31.7 Å². The molecule has 0 aliphatic heterocycles. The lowest BCUT2D eigenvalue weighted by molar-refractivity contribution is -0.878. The van der Waals surface area contributed by atoms with Gasteiger partial charge < -0.3 is 16.9 Å². The van der Waals surface area contributed by atoms with Crippen LogP contribution in [0.4, 0.5) is 0 Å². The van der Waals surface area contributed by atoms with Crippen molar-refractivity contribution < 1.29 is 16.9 Å². The van der Waals surface area contributed by atoms with E-state index in [0.717, 1.165) is 17.6 Å². The Hall–Kier alpha value is 0.0200. The second-order valence-corrected chi connectivity index (χ2v) is 2.88. The number of rotatable bonds is 4. The normalized spacial score (nSPS) is 8.91. The molecule has 0 spiro atoms. The minimum absolute atomic E-state index is 0. The zero-order chi connectivity index (χ0) is 7.33. The molecule has 0 aliphatic carbocycles. The molecule has 0 saturated heterocycles. The van der Waals surface area contributed by atoms with E-state index in [1.165, 1.54) is 0 Å². The zero-order valence-corrected chi connectivity index (χ0v) is 8.79. The lowest BCUT2D eigenvalue weighted by atomic mass is 10.4. The maximum absolute atomic E-state index is 3.68. The lowest BCUT2D eigenvalue weighted by Crippen LogP contribution is -3.00. The van der Waals surface area contributed by atoms with E-state index in [0.29, 0.717) is 0 Å². The summed E-state index contributed by atoms with van der Waals surface area (Å²) in [6, 6.07) is 0. The summed E-state index contributed by atoms with van der Waals surface area (Å²) in [5, 5.41) is 0. The molecule has 0 aromatic rings. The van der Waals surface area contributed by atoms with Crippen LogP contribution < -0.4 is 12.4 Å². The number of hydrogen-bond donors (Lipinski definition) is 0. The first-order chi connectivity index (χ1) is 4.12. The van der Waals surface area contributed by atoms with Crippen LogP contribution in [0.2, 0.25) is 0 Å². The summed E-state index contributed by atoms with van der Waals surface area (Å²) in [5.74, 6) is 0. The topological polar surface area (TPSA) is 0 Å². The van der Waals surface area contributed by atoms with Gasteiger partial charge in [-0.1, -0.05) is 13.2 Å². The van der Waals surface area contributed by atoms with Crippen LogP contribution in [-0.2, 0) is 0 Å². The third-order valence-electron chi connectivity index (χ3n) is 1.25. The zero-order valence-electron chi connectivity index (χ0n) is 7.22. The second-order valence-electron chi connectivity index (χ2n) is 2.88. The van der Waals surface area contributed by atoms with E-state index in [1.54, 1.807) is 0 Å². The molecule has 11 heavy (non-hydrogen) atoms. The van der Waals surface area contributed by atoms with Crippen molar-refractivity contribution in [3.63, 3.8) is 0 Å². The summed E-state index contributed by atoms with van der Waals surface area (Å²) in [5.41, 5.74) is 0. The molecule has 0 aromatic heterocycles. The molecule has 0 unspecified atom stereocenters. The molecule has 0 radical (unpaired) electrons. The van der Waals surface area contributed by atoms with Gasteiger partial charge >= 0.3 is 0 Å². The van der Waals surface area contributed by atoms with Crippen molar-refractivity contribution in [1.82, 2.24) is 0 Å². The predicted molar refractivity (Wildman–Crippen MR) is 49.5 cm³/mol. The second kappa shape index (κ2) is 8.12. The van der Waals surface area contributed by atoms with Crippen LogP contribution >= 0.6 is 12.4 Å². The number of hydrogen-bond acceptors (Lipinski definition) is 0. The highest BCUT2D eigenvalue weighted by Crippen LogP contribution is 1.95. The number of likely N-dealkylation sites (N-methyl/N-ethyl adjacent to an activating group) is 1. The van der Waals surface area contributed by atoms with Gasteiger partial charge in [0.15, 0.2) is 0 Å². The minimum Gasteiger partial charge on any atom is -1.00 e. The largest absolute Gasteiger partial charge is 1.00 e. The van der Waals surface area contributed by atoms with Gasteiger partial charge in [-0.25, -0.2) is 0 Å². The molecule has 68 valence electrons. The summed E-state index contributed by atoms with van der Waals surface area (Å²) in [6.45, 7) is 9.37. The van der Waals surface area contributed by atoms with E-state index in [9.17, 15) is 0 Å². The summed E-state index contributed by atoms with van der Waals surface area (Å²) >= 11 is 0. The number of halogens is 2. The Labute approximate surface area is 82.2 Å². The summed E-state index contributed by atoms with van der Waals surface area (Å²) in [4.78, 5) is 0. The Kier molecular flexibility index (Phi) is 12.7. The average Bonchev–Trinajstić information content (AvgIpc) is 1.64. The molecule has 0 heterocycles. The molecular weight excluding hydrogens is 181 g/mol. The van der Waals surface area contributed by atoms with Crippen LogP contribution in [0.25, 0.3) is 0 Å². The van der Waals surface area contributed by atoms with Gasteiger partial charge in [-0.05, 0) is 12.2 Å².